The number of carbonyl (C=O) groups excluding carboxylic acids is 2. The lowest BCUT2D eigenvalue weighted by Gasteiger charge is -2.28. The number of hydrogen-bond acceptors (Lipinski definition) is 8. The molecule has 2 aromatic heterocycles. The fraction of sp³-hybridized carbons (Fsp3) is 0.571. The standard InChI is InChI=1S/C14H20BrNO3.C9H18O3.C5H4BrNO/c1-13(2,3)19-12(17)14(4,5)9-18-11-7-6-10(15)8-16-11;1-8(2,3)12-7(11)9(4,5)6-10;6-4-1-2-5(8)7-3-4/h6-8H,9H2,1-5H3;10H,6H2,1-5H3;1-3H,(H,7,8). The van der Waals surface area contributed by atoms with Gasteiger partial charge in [0.05, 0.1) is 17.4 Å². The van der Waals surface area contributed by atoms with E-state index in [0.717, 1.165) is 8.95 Å². The number of rotatable bonds is 6. The highest BCUT2D eigenvalue weighted by molar-refractivity contribution is 9.10. The van der Waals surface area contributed by atoms with Gasteiger partial charge in [-0.1, -0.05) is 0 Å². The van der Waals surface area contributed by atoms with E-state index in [0.29, 0.717) is 5.88 Å². The van der Waals surface area contributed by atoms with Gasteiger partial charge in [0.15, 0.2) is 0 Å². The molecule has 0 bridgehead atoms. The van der Waals surface area contributed by atoms with Crippen LogP contribution in [0.3, 0.4) is 0 Å². The van der Waals surface area contributed by atoms with E-state index in [1.165, 1.54) is 6.07 Å². The number of aromatic amines is 1. The molecule has 2 aromatic rings. The molecule has 0 aliphatic heterocycles. The summed E-state index contributed by atoms with van der Waals surface area (Å²) < 4.78 is 17.8. The first-order chi connectivity index (χ1) is 17.6. The summed E-state index contributed by atoms with van der Waals surface area (Å²) in [5.41, 5.74) is -2.57. The van der Waals surface area contributed by atoms with Crippen LogP contribution in [0, 0.1) is 10.8 Å². The minimum Gasteiger partial charge on any atom is -0.476 e. The van der Waals surface area contributed by atoms with Crippen LogP contribution in [0.25, 0.3) is 0 Å². The van der Waals surface area contributed by atoms with Crippen molar-refractivity contribution in [3.05, 3.63) is 56.0 Å². The van der Waals surface area contributed by atoms with Crippen LogP contribution >= 0.6 is 31.9 Å². The lowest BCUT2D eigenvalue weighted by molar-refractivity contribution is -0.168. The quantitative estimate of drug-likeness (QED) is 0.353. The zero-order valence-corrected chi connectivity index (χ0v) is 27.7. The lowest BCUT2D eigenvalue weighted by Crippen LogP contribution is -2.37. The largest absolute Gasteiger partial charge is 0.476 e. The molecule has 220 valence electrons. The third-order valence-corrected chi connectivity index (χ3v) is 5.29. The lowest BCUT2D eigenvalue weighted by atomic mass is 9.94. The van der Waals surface area contributed by atoms with E-state index < -0.39 is 22.0 Å². The van der Waals surface area contributed by atoms with Gasteiger partial charge >= 0.3 is 11.9 Å². The Hall–Kier alpha value is -2.24. The Labute approximate surface area is 248 Å². The molecule has 2 rings (SSSR count). The van der Waals surface area contributed by atoms with Crippen LogP contribution in [0.15, 0.2) is 50.4 Å². The number of carbonyl (C=O) groups is 2. The number of hydrogen-bond donors (Lipinski definition) is 2. The molecule has 2 N–H and O–H groups in total. The van der Waals surface area contributed by atoms with Gasteiger partial charge in [0.2, 0.25) is 11.4 Å². The summed E-state index contributed by atoms with van der Waals surface area (Å²) in [7, 11) is 0. The predicted molar refractivity (Wildman–Crippen MR) is 159 cm³/mol. The molecule has 0 amide bonds. The highest BCUT2D eigenvalue weighted by Gasteiger charge is 2.34. The molecule has 39 heavy (non-hydrogen) atoms. The Morgan fingerprint density at radius 1 is 0.821 bits per heavy atom. The average Bonchev–Trinajstić information content (AvgIpc) is 2.79. The number of nitrogens with one attached hydrogen (secondary N) is 1. The van der Waals surface area contributed by atoms with E-state index in [9.17, 15) is 14.4 Å². The number of nitrogens with zero attached hydrogens (tertiary/aromatic N) is 1. The van der Waals surface area contributed by atoms with Crippen LogP contribution in [0.1, 0.15) is 69.2 Å². The highest BCUT2D eigenvalue weighted by Crippen LogP contribution is 2.23. The van der Waals surface area contributed by atoms with Gasteiger partial charge in [0.1, 0.15) is 17.8 Å². The number of ether oxygens (including phenoxy) is 3. The van der Waals surface area contributed by atoms with E-state index in [1.807, 2.05) is 26.8 Å². The van der Waals surface area contributed by atoms with Crippen molar-refractivity contribution in [1.82, 2.24) is 9.97 Å². The summed E-state index contributed by atoms with van der Waals surface area (Å²) in [4.78, 5) is 40.3. The maximum absolute atomic E-state index is 12.0. The molecule has 0 radical (unpaired) electrons. The van der Waals surface area contributed by atoms with Crippen LogP contribution in [0.2, 0.25) is 0 Å². The Morgan fingerprint density at radius 3 is 1.67 bits per heavy atom. The first kappa shape index (κ1) is 36.8. The summed E-state index contributed by atoms with van der Waals surface area (Å²) in [6.07, 6.45) is 3.25. The molecular formula is C28H42Br2N2O7. The van der Waals surface area contributed by atoms with Crippen molar-refractivity contribution >= 4 is 43.8 Å². The third kappa shape index (κ3) is 17.1. The minimum atomic E-state index is -0.798. The van der Waals surface area contributed by atoms with Crippen LogP contribution in [-0.4, -0.2) is 51.4 Å². The first-order valence-corrected chi connectivity index (χ1v) is 13.8. The summed E-state index contributed by atoms with van der Waals surface area (Å²) in [5, 5.41) is 8.86. The van der Waals surface area contributed by atoms with E-state index >= 15 is 0 Å². The summed E-state index contributed by atoms with van der Waals surface area (Å²) in [5.74, 6) is -0.158. The van der Waals surface area contributed by atoms with Crippen molar-refractivity contribution in [2.24, 2.45) is 10.8 Å². The monoisotopic (exact) mass is 676 g/mol. The van der Waals surface area contributed by atoms with Crippen molar-refractivity contribution in [3.8, 4) is 5.88 Å². The molecule has 0 aliphatic rings. The normalized spacial score (nSPS) is 11.7. The molecule has 0 fully saturated rings. The zero-order valence-electron chi connectivity index (χ0n) is 24.5. The fourth-order valence-electron chi connectivity index (χ4n) is 2.05. The average molecular weight is 678 g/mol. The molecule has 0 unspecified atom stereocenters. The van der Waals surface area contributed by atoms with Gasteiger partial charge in [-0.25, -0.2) is 4.98 Å². The number of aliphatic hydroxyl groups excluding tert-OH is 1. The second kappa shape index (κ2) is 15.5. The molecule has 0 aliphatic carbocycles. The molecule has 11 heteroatoms. The molecular weight excluding hydrogens is 636 g/mol. The van der Waals surface area contributed by atoms with E-state index in [-0.39, 0.29) is 30.7 Å². The van der Waals surface area contributed by atoms with Crippen molar-refractivity contribution in [2.75, 3.05) is 13.2 Å². The Morgan fingerprint density at radius 2 is 1.31 bits per heavy atom. The van der Waals surface area contributed by atoms with Gasteiger partial charge in [-0.15, -0.1) is 0 Å². The molecule has 9 nitrogen and oxygen atoms in total. The number of pyridine rings is 2. The zero-order chi connectivity index (χ0) is 30.7. The minimum absolute atomic E-state index is 0.0757. The Kier molecular flexibility index (Phi) is 14.6. The van der Waals surface area contributed by atoms with Gasteiger partial charge < -0.3 is 24.3 Å². The van der Waals surface area contributed by atoms with E-state index in [1.54, 1.807) is 73.0 Å². The van der Waals surface area contributed by atoms with Gasteiger partial charge in [0.25, 0.3) is 0 Å². The van der Waals surface area contributed by atoms with Crippen molar-refractivity contribution in [1.29, 1.82) is 0 Å². The number of esters is 2. The second-order valence-corrected chi connectivity index (χ2v) is 13.7. The van der Waals surface area contributed by atoms with Crippen LogP contribution in [-0.2, 0) is 19.1 Å². The SMILES string of the molecule is CC(C)(C)OC(=O)C(C)(C)CO.CC(C)(C)OC(=O)C(C)(C)COc1ccc(Br)cn1.O=c1ccc(Br)c[nH]1. The fourth-order valence-corrected chi connectivity index (χ4v) is 2.53. The van der Waals surface area contributed by atoms with Crippen LogP contribution < -0.4 is 10.3 Å². The molecule has 0 saturated heterocycles. The third-order valence-electron chi connectivity index (χ3n) is 4.33. The Bertz CT molecular complexity index is 1080. The van der Waals surface area contributed by atoms with E-state index in [2.05, 4.69) is 41.8 Å². The highest BCUT2D eigenvalue weighted by atomic mass is 79.9. The smallest absolute Gasteiger partial charge is 0.315 e. The van der Waals surface area contributed by atoms with Gasteiger partial charge in [-0.3, -0.25) is 14.4 Å². The van der Waals surface area contributed by atoms with Crippen molar-refractivity contribution < 1.29 is 28.9 Å². The molecule has 2 heterocycles. The van der Waals surface area contributed by atoms with Crippen molar-refractivity contribution in [3.63, 3.8) is 0 Å². The number of aromatic nitrogens is 2. The maximum atomic E-state index is 12.0. The maximum Gasteiger partial charge on any atom is 0.315 e. The predicted octanol–water partition coefficient (Wildman–Crippen LogP) is 6.07. The van der Waals surface area contributed by atoms with Crippen LogP contribution in [0.4, 0.5) is 0 Å². The van der Waals surface area contributed by atoms with Crippen LogP contribution in [0.5, 0.6) is 5.88 Å². The van der Waals surface area contributed by atoms with Gasteiger partial charge in [0, 0.05) is 33.5 Å². The topological polar surface area (TPSA) is 128 Å². The van der Waals surface area contributed by atoms with Gasteiger partial charge in [-0.2, -0.15) is 0 Å². The van der Waals surface area contributed by atoms with Crippen molar-refractivity contribution in [2.45, 2.75) is 80.4 Å². The molecule has 0 atom stereocenters. The molecule has 0 aromatic carbocycles. The summed E-state index contributed by atoms with van der Waals surface area (Å²) in [6.45, 7) is 17.9. The number of H-pyrrole nitrogens is 1. The Balaban J connectivity index is 0.000000614. The first-order valence-electron chi connectivity index (χ1n) is 12.2. The summed E-state index contributed by atoms with van der Waals surface area (Å²) >= 11 is 6.48. The molecule has 0 spiro atoms. The molecule has 0 saturated carbocycles. The second-order valence-electron chi connectivity index (χ2n) is 11.9. The van der Waals surface area contributed by atoms with Gasteiger partial charge in [-0.05, 0) is 113 Å². The summed E-state index contributed by atoms with van der Waals surface area (Å²) in [6, 6.07) is 6.74. The number of halogens is 2. The van der Waals surface area contributed by atoms with E-state index in [4.69, 9.17) is 19.3 Å². The number of aliphatic hydroxyl groups is 1.